The summed E-state index contributed by atoms with van der Waals surface area (Å²) in [6.07, 6.45) is 1.93. The van der Waals surface area contributed by atoms with Crippen molar-refractivity contribution in [2.45, 2.75) is 6.54 Å². The Morgan fingerprint density at radius 3 is 2.94 bits per heavy atom. The highest BCUT2D eigenvalue weighted by Crippen LogP contribution is 2.11. The van der Waals surface area contributed by atoms with Crippen LogP contribution in [0.25, 0.3) is 11.0 Å². The van der Waals surface area contributed by atoms with Crippen LogP contribution in [0.2, 0.25) is 0 Å². The van der Waals surface area contributed by atoms with Crippen molar-refractivity contribution in [3.05, 3.63) is 30.6 Å². The Morgan fingerprint density at radius 1 is 1.29 bits per heavy atom. The summed E-state index contributed by atoms with van der Waals surface area (Å²) in [5, 5.41) is 3.16. The van der Waals surface area contributed by atoms with Gasteiger partial charge in [-0.2, -0.15) is 0 Å². The van der Waals surface area contributed by atoms with Crippen LogP contribution in [0.15, 0.2) is 30.6 Å². The molecule has 0 aliphatic rings. The van der Waals surface area contributed by atoms with E-state index >= 15 is 0 Å². The van der Waals surface area contributed by atoms with Crippen LogP contribution in [-0.2, 0) is 6.54 Å². The van der Waals surface area contributed by atoms with Crippen LogP contribution in [-0.4, -0.2) is 48.2 Å². The second-order valence-corrected chi connectivity index (χ2v) is 4.33. The summed E-state index contributed by atoms with van der Waals surface area (Å²) in [4.78, 5) is 6.72. The maximum atomic E-state index is 4.39. The second-order valence-electron chi connectivity index (χ2n) is 4.33. The molecule has 0 aliphatic carbocycles. The van der Waals surface area contributed by atoms with Crippen molar-refractivity contribution in [2.75, 3.05) is 33.7 Å². The smallest absolute Gasteiger partial charge is 0.0958 e. The monoisotopic (exact) mass is 232 g/mol. The summed E-state index contributed by atoms with van der Waals surface area (Å²) in [5.41, 5.74) is 2.29. The average Bonchev–Trinajstić information content (AvgIpc) is 2.77. The molecule has 0 atom stereocenters. The van der Waals surface area contributed by atoms with E-state index in [2.05, 4.69) is 45.0 Å². The molecule has 0 aliphatic heterocycles. The zero-order valence-electron chi connectivity index (χ0n) is 10.6. The SMILES string of the molecule is CNCCN(C)CCn1cnc2ccccc21. The van der Waals surface area contributed by atoms with E-state index in [1.807, 2.05) is 19.4 Å². The molecule has 0 spiro atoms. The standard InChI is InChI=1S/C13H20N4/c1-14-7-8-16(2)9-10-17-11-15-12-5-3-4-6-13(12)17/h3-6,11,14H,7-10H2,1-2H3. The van der Waals surface area contributed by atoms with E-state index in [4.69, 9.17) is 0 Å². The predicted octanol–water partition coefficient (Wildman–Crippen LogP) is 1.19. The lowest BCUT2D eigenvalue weighted by molar-refractivity contribution is 0.321. The third kappa shape index (κ3) is 3.05. The van der Waals surface area contributed by atoms with Crippen LogP contribution < -0.4 is 5.32 Å². The molecule has 2 aromatic rings. The lowest BCUT2D eigenvalue weighted by atomic mass is 10.3. The molecule has 4 nitrogen and oxygen atoms in total. The molecular weight excluding hydrogens is 212 g/mol. The maximum absolute atomic E-state index is 4.39. The summed E-state index contributed by atoms with van der Waals surface area (Å²) in [7, 11) is 4.13. The van der Waals surface area contributed by atoms with E-state index in [1.165, 1.54) is 5.52 Å². The Hall–Kier alpha value is -1.39. The Bertz CT molecular complexity index is 463. The van der Waals surface area contributed by atoms with Gasteiger partial charge in [0.05, 0.1) is 17.4 Å². The van der Waals surface area contributed by atoms with Crippen LogP contribution in [0.5, 0.6) is 0 Å². The van der Waals surface area contributed by atoms with E-state index in [0.29, 0.717) is 0 Å². The van der Waals surface area contributed by atoms with Crippen molar-refractivity contribution in [3.8, 4) is 0 Å². The molecular formula is C13H20N4. The number of likely N-dealkylation sites (N-methyl/N-ethyl adjacent to an activating group) is 2. The van der Waals surface area contributed by atoms with Gasteiger partial charge in [0.25, 0.3) is 0 Å². The van der Waals surface area contributed by atoms with Crippen molar-refractivity contribution in [2.24, 2.45) is 0 Å². The lowest BCUT2D eigenvalue weighted by Gasteiger charge is -2.16. The molecule has 0 fully saturated rings. The quantitative estimate of drug-likeness (QED) is 0.812. The number of rotatable bonds is 6. The molecule has 0 unspecified atom stereocenters. The largest absolute Gasteiger partial charge is 0.329 e. The normalized spacial score (nSPS) is 11.5. The minimum Gasteiger partial charge on any atom is -0.329 e. The third-order valence-corrected chi connectivity index (χ3v) is 2.99. The lowest BCUT2D eigenvalue weighted by Crippen LogP contribution is -2.29. The molecule has 0 radical (unpaired) electrons. The maximum Gasteiger partial charge on any atom is 0.0958 e. The number of para-hydroxylation sites is 2. The van der Waals surface area contributed by atoms with Gasteiger partial charge in [-0.15, -0.1) is 0 Å². The van der Waals surface area contributed by atoms with Gasteiger partial charge >= 0.3 is 0 Å². The van der Waals surface area contributed by atoms with Crippen LogP contribution >= 0.6 is 0 Å². The Morgan fingerprint density at radius 2 is 2.12 bits per heavy atom. The number of benzene rings is 1. The van der Waals surface area contributed by atoms with Gasteiger partial charge in [-0.1, -0.05) is 12.1 Å². The van der Waals surface area contributed by atoms with E-state index < -0.39 is 0 Å². The van der Waals surface area contributed by atoms with Gasteiger partial charge in [-0.05, 0) is 26.2 Å². The Kier molecular flexibility index (Phi) is 4.12. The fraction of sp³-hybridized carbons (Fsp3) is 0.462. The molecule has 1 heterocycles. The molecule has 0 saturated carbocycles. The average molecular weight is 232 g/mol. The highest BCUT2D eigenvalue weighted by atomic mass is 15.1. The number of nitrogens with zero attached hydrogens (tertiary/aromatic N) is 3. The van der Waals surface area contributed by atoms with Gasteiger partial charge < -0.3 is 14.8 Å². The number of imidazole rings is 1. The molecule has 0 bridgehead atoms. The van der Waals surface area contributed by atoms with Gasteiger partial charge in [0.2, 0.25) is 0 Å². The van der Waals surface area contributed by atoms with Crippen molar-refractivity contribution in [1.29, 1.82) is 0 Å². The van der Waals surface area contributed by atoms with E-state index in [-0.39, 0.29) is 0 Å². The number of aromatic nitrogens is 2. The first-order valence-corrected chi connectivity index (χ1v) is 6.04. The van der Waals surface area contributed by atoms with Gasteiger partial charge in [-0.3, -0.25) is 0 Å². The van der Waals surface area contributed by atoms with Crippen molar-refractivity contribution >= 4 is 11.0 Å². The van der Waals surface area contributed by atoms with Crippen LogP contribution in [0.4, 0.5) is 0 Å². The number of hydrogen-bond donors (Lipinski definition) is 1. The zero-order valence-corrected chi connectivity index (χ0v) is 10.6. The summed E-state index contributed by atoms with van der Waals surface area (Å²) in [6.45, 7) is 4.13. The van der Waals surface area contributed by atoms with E-state index in [9.17, 15) is 0 Å². The first kappa shape index (κ1) is 12.1. The fourth-order valence-corrected chi connectivity index (χ4v) is 1.88. The van der Waals surface area contributed by atoms with Crippen LogP contribution in [0.1, 0.15) is 0 Å². The Balaban J connectivity index is 1.95. The predicted molar refractivity (Wildman–Crippen MR) is 71.2 cm³/mol. The zero-order chi connectivity index (χ0) is 12.1. The second kappa shape index (κ2) is 5.80. The van der Waals surface area contributed by atoms with Crippen LogP contribution in [0, 0.1) is 0 Å². The summed E-state index contributed by atoms with van der Waals surface area (Å²) in [5.74, 6) is 0. The third-order valence-electron chi connectivity index (χ3n) is 2.99. The van der Waals surface area contributed by atoms with Crippen LogP contribution in [0.3, 0.4) is 0 Å². The fourth-order valence-electron chi connectivity index (χ4n) is 1.88. The van der Waals surface area contributed by atoms with Gasteiger partial charge in [0.15, 0.2) is 0 Å². The van der Waals surface area contributed by atoms with Gasteiger partial charge in [0, 0.05) is 26.2 Å². The minimum atomic E-state index is 0.987. The highest BCUT2D eigenvalue weighted by molar-refractivity contribution is 5.74. The van der Waals surface area contributed by atoms with Crippen molar-refractivity contribution < 1.29 is 0 Å². The van der Waals surface area contributed by atoms with E-state index in [1.54, 1.807) is 0 Å². The first-order valence-electron chi connectivity index (χ1n) is 6.04. The topological polar surface area (TPSA) is 33.1 Å². The van der Waals surface area contributed by atoms with Gasteiger partial charge in [0.1, 0.15) is 0 Å². The molecule has 0 amide bonds. The number of hydrogen-bond acceptors (Lipinski definition) is 3. The summed E-state index contributed by atoms with van der Waals surface area (Å²) >= 11 is 0. The summed E-state index contributed by atoms with van der Waals surface area (Å²) < 4.78 is 2.21. The first-order chi connectivity index (χ1) is 8.31. The molecule has 4 heteroatoms. The molecule has 1 aromatic heterocycles. The van der Waals surface area contributed by atoms with Gasteiger partial charge in [-0.25, -0.2) is 4.98 Å². The van der Waals surface area contributed by atoms with Crippen molar-refractivity contribution in [3.63, 3.8) is 0 Å². The van der Waals surface area contributed by atoms with E-state index in [0.717, 1.165) is 31.7 Å². The molecule has 2 rings (SSSR count). The molecule has 1 aromatic carbocycles. The molecule has 92 valence electrons. The summed E-state index contributed by atoms with van der Waals surface area (Å²) in [6, 6.07) is 8.26. The van der Waals surface area contributed by atoms with Crippen molar-refractivity contribution in [1.82, 2.24) is 19.8 Å². The molecule has 1 N–H and O–H groups in total. The molecule has 17 heavy (non-hydrogen) atoms. The molecule has 0 saturated heterocycles. The Labute approximate surface area is 102 Å². The minimum absolute atomic E-state index is 0.987. The number of nitrogens with one attached hydrogen (secondary N) is 1. The highest BCUT2D eigenvalue weighted by Gasteiger charge is 2.02. The number of fused-ring (bicyclic) bond motifs is 1.